The van der Waals surface area contributed by atoms with Gasteiger partial charge in [0, 0.05) is 12.0 Å². The predicted molar refractivity (Wildman–Crippen MR) is 113 cm³/mol. The van der Waals surface area contributed by atoms with Gasteiger partial charge in [0.25, 0.3) is 0 Å². The van der Waals surface area contributed by atoms with E-state index in [4.69, 9.17) is 4.74 Å². The number of hydrogen-bond acceptors (Lipinski definition) is 2. The molecule has 2 unspecified atom stereocenters. The monoisotopic (exact) mass is 394 g/mol. The van der Waals surface area contributed by atoms with Crippen molar-refractivity contribution in [2.24, 2.45) is 0 Å². The minimum absolute atomic E-state index is 0.183. The summed E-state index contributed by atoms with van der Waals surface area (Å²) in [4.78, 5) is 11.2. The van der Waals surface area contributed by atoms with Crippen LogP contribution in [0.3, 0.4) is 0 Å². The molecule has 1 aromatic carbocycles. The highest BCUT2D eigenvalue weighted by atomic mass is 19.1. The van der Waals surface area contributed by atoms with Gasteiger partial charge in [0.05, 0.1) is 0 Å². The quantitative estimate of drug-likeness (QED) is 0.555. The van der Waals surface area contributed by atoms with Gasteiger partial charge >= 0.3 is 0 Å². The average Bonchev–Trinajstić information content (AvgIpc) is 2.94. The maximum Gasteiger partial charge on any atom is 0.150 e. The molecule has 4 heteroatoms. The van der Waals surface area contributed by atoms with Gasteiger partial charge in [-0.15, -0.1) is 0 Å². The fourth-order valence-corrected chi connectivity index (χ4v) is 3.30. The molecule has 0 saturated carbocycles. The van der Waals surface area contributed by atoms with Crippen molar-refractivity contribution in [3.63, 3.8) is 0 Å². The van der Waals surface area contributed by atoms with Crippen LogP contribution in [0.2, 0.25) is 0 Å². The van der Waals surface area contributed by atoms with Crippen LogP contribution in [0.4, 0.5) is 8.78 Å². The van der Waals surface area contributed by atoms with Gasteiger partial charge in [-0.3, -0.25) is 4.79 Å². The Balaban J connectivity index is 1.84. The fourth-order valence-electron chi connectivity index (χ4n) is 3.30. The van der Waals surface area contributed by atoms with Gasteiger partial charge in [-0.2, -0.15) is 0 Å². The molecule has 2 atom stereocenters. The van der Waals surface area contributed by atoms with Crippen LogP contribution in [0.1, 0.15) is 29.8 Å². The number of aldehydes is 1. The number of halogens is 2. The van der Waals surface area contributed by atoms with Gasteiger partial charge in [-0.05, 0) is 73.1 Å². The molecule has 0 bridgehead atoms. The highest BCUT2D eigenvalue weighted by Crippen LogP contribution is 2.28. The van der Waals surface area contributed by atoms with Crippen molar-refractivity contribution in [3.8, 4) is 5.75 Å². The van der Waals surface area contributed by atoms with Crippen molar-refractivity contribution in [1.29, 1.82) is 0 Å². The van der Waals surface area contributed by atoms with E-state index in [1.54, 1.807) is 54.7 Å². The summed E-state index contributed by atoms with van der Waals surface area (Å²) < 4.78 is 34.8. The van der Waals surface area contributed by atoms with Gasteiger partial charge in [0.15, 0.2) is 0 Å². The second kappa shape index (κ2) is 8.56. The van der Waals surface area contributed by atoms with E-state index in [9.17, 15) is 13.6 Å². The number of rotatable bonds is 6. The molecule has 0 amide bonds. The van der Waals surface area contributed by atoms with Crippen molar-refractivity contribution < 1.29 is 18.3 Å². The van der Waals surface area contributed by atoms with Crippen LogP contribution in [-0.4, -0.2) is 24.2 Å². The summed E-state index contributed by atoms with van der Waals surface area (Å²) >= 11 is 0. The molecule has 29 heavy (non-hydrogen) atoms. The van der Waals surface area contributed by atoms with Crippen LogP contribution in [0, 0.1) is 0 Å². The first kappa shape index (κ1) is 20.7. The topological polar surface area (TPSA) is 26.3 Å². The van der Waals surface area contributed by atoms with Gasteiger partial charge in [0.1, 0.15) is 30.0 Å². The lowest BCUT2D eigenvalue weighted by molar-refractivity contribution is 0.112. The number of alkyl halides is 2. The molecule has 0 heterocycles. The van der Waals surface area contributed by atoms with E-state index in [0.29, 0.717) is 23.3 Å². The standard InChI is InChI=1S/C25H24F2O2/c1-24(26)11-5-3-7-19(15-24)13-22-14-20(17-28)9-10-23(22)29-18-21-8-4-6-12-25(2,27)16-21/h3-12,14-17H,13,18H2,1-2H3. The lowest BCUT2D eigenvalue weighted by Gasteiger charge is -2.16. The lowest BCUT2D eigenvalue weighted by Crippen LogP contribution is -2.12. The van der Waals surface area contributed by atoms with Crippen LogP contribution in [0.25, 0.3) is 0 Å². The molecular weight excluding hydrogens is 370 g/mol. The summed E-state index contributed by atoms with van der Waals surface area (Å²) in [7, 11) is 0. The third kappa shape index (κ3) is 5.98. The number of benzene rings is 1. The molecule has 0 aliphatic heterocycles. The largest absolute Gasteiger partial charge is 0.489 e. The molecule has 2 nitrogen and oxygen atoms in total. The summed E-state index contributed by atoms with van der Waals surface area (Å²) in [5.74, 6) is 0.578. The van der Waals surface area contributed by atoms with Crippen molar-refractivity contribution in [2.45, 2.75) is 31.6 Å². The van der Waals surface area contributed by atoms with Crippen molar-refractivity contribution >= 4 is 6.29 Å². The molecule has 0 saturated heterocycles. The molecule has 3 rings (SSSR count). The summed E-state index contributed by atoms with van der Waals surface area (Å²) in [5.41, 5.74) is -0.317. The van der Waals surface area contributed by atoms with E-state index >= 15 is 0 Å². The highest BCUT2D eigenvalue weighted by molar-refractivity contribution is 5.75. The first-order valence-electron chi connectivity index (χ1n) is 9.50. The normalized spacial score (nSPS) is 25.8. The molecule has 150 valence electrons. The molecule has 0 radical (unpaired) electrons. The van der Waals surface area contributed by atoms with Crippen LogP contribution in [0.5, 0.6) is 5.75 Å². The maximum atomic E-state index is 14.5. The zero-order valence-electron chi connectivity index (χ0n) is 16.6. The molecule has 0 aromatic heterocycles. The summed E-state index contributed by atoms with van der Waals surface area (Å²) in [6.45, 7) is 3.15. The van der Waals surface area contributed by atoms with E-state index in [1.807, 2.05) is 6.08 Å². The Bertz CT molecular complexity index is 957. The number of carbonyl (C=O) groups is 1. The van der Waals surface area contributed by atoms with E-state index < -0.39 is 11.3 Å². The number of carbonyl (C=O) groups excluding carboxylic acids is 1. The zero-order valence-corrected chi connectivity index (χ0v) is 16.6. The average molecular weight is 394 g/mol. The molecule has 1 aromatic rings. The SMILES string of the molecule is CC1(F)C=CC=CC(COc2ccc(C=O)cc2CC2=CC(C)(F)C=CC=C2)=C1. The maximum absolute atomic E-state index is 14.5. The Morgan fingerprint density at radius 2 is 1.55 bits per heavy atom. The van der Waals surface area contributed by atoms with Gasteiger partial charge < -0.3 is 4.74 Å². The first-order chi connectivity index (χ1) is 13.8. The van der Waals surface area contributed by atoms with Crippen LogP contribution in [-0.2, 0) is 6.42 Å². The van der Waals surface area contributed by atoms with E-state index in [0.717, 1.165) is 17.4 Å². The third-order valence-electron chi connectivity index (χ3n) is 4.63. The van der Waals surface area contributed by atoms with Gasteiger partial charge in [-0.1, -0.05) is 36.5 Å². The molecule has 2 aliphatic rings. The van der Waals surface area contributed by atoms with E-state index in [-0.39, 0.29) is 6.61 Å². The number of ether oxygens (including phenoxy) is 1. The Labute approximate surface area is 170 Å². The fraction of sp³-hybridized carbons (Fsp3) is 0.240. The smallest absolute Gasteiger partial charge is 0.150 e. The minimum Gasteiger partial charge on any atom is -0.489 e. The van der Waals surface area contributed by atoms with Crippen molar-refractivity contribution in [2.75, 3.05) is 6.61 Å². The van der Waals surface area contributed by atoms with E-state index in [1.165, 1.54) is 32.1 Å². The van der Waals surface area contributed by atoms with Crippen LogP contribution in [0.15, 0.2) is 90.1 Å². The Kier molecular flexibility index (Phi) is 6.12. The minimum atomic E-state index is -1.54. The lowest BCUT2D eigenvalue weighted by atomic mass is 9.98. The molecule has 0 spiro atoms. The van der Waals surface area contributed by atoms with Crippen LogP contribution >= 0.6 is 0 Å². The Morgan fingerprint density at radius 3 is 2.21 bits per heavy atom. The summed E-state index contributed by atoms with van der Waals surface area (Å²) in [6.07, 6.45) is 17.8. The third-order valence-corrected chi connectivity index (χ3v) is 4.63. The predicted octanol–water partition coefficient (Wildman–Crippen LogP) is 5.98. The summed E-state index contributed by atoms with van der Waals surface area (Å²) in [5, 5.41) is 0. The van der Waals surface area contributed by atoms with E-state index in [2.05, 4.69) is 0 Å². The number of allylic oxidation sites excluding steroid dienone is 10. The Hall–Kier alpha value is -3.01. The van der Waals surface area contributed by atoms with Crippen molar-refractivity contribution in [1.82, 2.24) is 0 Å². The number of hydrogen-bond donors (Lipinski definition) is 0. The molecular formula is C25H24F2O2. The molecule has 0 fully saturated rings. The van der Waals surface area contributed by atoms with Crippen molar-refractivity contribution in [3.05, 3.63) is 101 Å². The Morgan fingerprint density at radius 1 is 0.931 bits per heavy atom. The second-order valence-electron chi connectivity index (χ2n) is 7.63. The zero-order chi connectivity index (χ0) is 20.9. The van der Waals surface area contributed by atoms with Crippen LogP contribution < -0.4 is 4.74 Å². The molecule has 0 N–H and O–H groups in total. The second-order valence-corrected chi connectivity index (χ2v) is 7.63. The molecule has 2 aliphatic carbocycles. The first-order valence-corrected chi connectivity index (χ1v) is 9.50. The van der Waals surface area contributed by atoms with Gasteiger partial charge in [-0.25, -0.2) is 8.78 Å². The highest BCUT2D eigenvalue weighted by Gasteiger charge is 2.19. The summed E-state index contributed by atoms with van der Waals surface area (Å²) in [6, 6.07) is 5.13. The van der Waals surface area contributed by atoms with Gasteiger partial charge in [0.2, 0.25) is 0 Å².